The Kier molecular flexibility index (Phi) is 2.57. The lowest BCUT2D eigenvalue weighted by atomic mass is 9.76. The van der Waals surface area contributed by atoms with Crippen LogP contribution in [0.4, 0.5) is 0 Å². The van der Waals surface area contributed by atoms with E-state index in [0.717, 1.165) is 24.7 Å². The summed E-state index contributed by atoms with van der Waals surface area (Å²) in [4.78, 5) is 0. The fourth-order valence-corrected chi connectivity index (χ4v) is 2.50. The molecule has 0 N–H and O–H groups in total. The first-order chi connectivity index (χ1) is 6.98. The number of nitrogens with zero attached hydrogens (tertiary/aromatic N) is 3. The molecule has 1 aliphatic rings. The molecule has 0 aliphatic carbocycles. The highest BCUT2D eigenvalue weighted by Crippen LogP contribution is 2.34. The molecule has 3 nitrogen and oxygen atoms in total. The van der Waals surface area contributed by atoms with Gasteiger partial charge in [0, 0.05) is 13.0 Å². The summed E-state index contributed by atoms with van der Waals surface area (Å²) >= 11 is 0. The third-order valence-corrected chi connectivity index (χ3v) is 3.65. The molecule has 1 aromatic heterocycles. The van der Waals surface area contributed by atoms with Crippen molar-refractivity contribution >= 4 is 0 Å². The molecule has 0 amide bonds. The molecular weight excluding hydrogens is 186 g/mol. The average molecular weight is 207 g/mol. The summed E-state index contributed by atoms with van der Waals surface area (Å²) in [5.74, 6) is 3.05. The van der Waals surface area contributed by atoms with Gasteiger partial charge in [-0.15, -0.1) is 10.2 Å². The Morgan fingerprint density at radius 1 is 1.20 bits per heavy atom. The van der Waals surface area contributed by atoms with Crippen molar-refractivity contribution in [3.8, 4) is 0 Å². The molecule has 0 fully saturated rings. The Hall–Kier alpha value is -0.860. The van der Waals surface area contributed by atoms with E-state index in [1.54, 1.807) is 0 Å². The van der Waals surface area contributed by atoms with Crippen LogP contribution in [-0.4, -0.2) is 14.8 Å². The van der Waals surface area contributed by atoms with Crippen LogP contribution >= 0.6 is 0 Å². The lowest BCUT2D eigenvalue weighted by molar-refractivity contribution is 0.211. The van der Waals surface area contributed by atoms with Crippen molar-refractivity contribution in [3.05, 3.63) is 11.6 Å². The smallest absolute Gasteiger partial charge is 0.133 e. The average Bonchev–Trinajstić information content (AvgIpc) is 2.36. The molecule has 2 rings (SSSR count). The van der Waals surface area contributed by atoms with Gasteiger partial charge in [-0.2, -0.15) is 0 Å². The number of fused-ring (bicyclic) bond motifs is 1. The summed E-state index contributed by atoms with van der Waals surface area (Å²) in [6.45, 7) is 10.2. The number of aryl methyl sites for hydroxylation is 2. The number of aromatic nitrogens is 3. The minimum Gasteiger partial charge on any atom is -0.315 e. The molecule has 0 radical (unpaired) electrons. The van der Waals surface area contributed by atoms with E-state index in [9.17, 15) is 0 Å². The Balaban J connectivity index is 2.16. The molecule has 0 aromatic carbocycles. The summed E-state index contributed by atoms with van der Waals surface area (Å²) in [5.41, 5.74) is 0.422. The zero-order chi connectivity index (χ0) is 11.1. The van der Waals surface area contributed by atoms with E-state index in [0.29, 0.717) is 5.41 Å². The van der Waals surface area contributed by atoms with Crippen LogP contribution in [0.3, 0.4) is 0 Å². The molecule has 1 atom stereocenters. The highest BCUT2D eigenvalue weighted by molar-refractivity contribution is 4.97. The third-order valence-electron chi connectivity index (χ3n) is 3.65. The summed E-state index contributed by atoms with van der Waals surface area (Å²) in [6.07, 6.45) is 3.60. The van der Waals surface area contributed by atoms with E-state index in [4.69, 9.17) is 0 Å². The van der Waals surface area contributed by atoms with Crippen LogP contribution < -0.4 is 0 Å². The van der Waals surface area contributed by atoms with Crippen molar-refractivity contribution in [1.29, 1.82) is 0 Å². The van der Waals surface area contributed by atoms with E-state index >= 15 is 0 Å². The Morgan fingerprint density at radius 3 is 2.60 bits per heavy atom. The first-order valence-electron chi connectivity index (χ1n) is 5.87. The zero-order valence-corrected chi connectivity index (χ0v) is 10.2. The number of rotatable bonds is 0. The van der Waals surface area contributed by atoms with Crippen molar-refractivity contribution < 1.29 is 0 Å². The van der Waals surface area contributed by atoms with Crippen molar-refractivity contribution in [3.63, 3.8) is 0 Å². The largest absolute Gasteiger partial charge is 0.315 e. The SMILES string of the molecule is Cc1nnc2n1CCC(C(C)(C)C)CC2. The second kappa shape index (κ2) is 3.62. The maximum Gasteiger partial charge on any atom is 0.133 e. The van der Waals surface area contributed by atoms with Crippen molar-refractivity contribution in [2.24, 2.45) is 11.3 Å². The molecule has 0 bridgehead atoms. The van der Waals surface area contributed by atoms with Crippen molar-refractivity contribution in [1.82, 2.24) is 14.8 Å². The standard InChI is InChI=1S/C12H21N3/c1-9-13-14-11-6-5-10(12(2,3)4)7-8-15(9)11/h10H,5-8H2,1-4H3. The van der Waals surface area contributed by atoms with E-state index in [2.05, 4.69) is 35.5 Å². The second-order valence-corrected chi connectivity index (χ2v) is 5.71. The molecule has 0 spiro atoms. The molecule has 2 heterocycles. The van der Waals surface area contributed by atoms with Crippen LogP contribution in [0.1, 0.15) is 45.3 Å². The molecule has 15 heavy (non-hydrogen) atoms. The molecule has 84 valence electrons. The highest BCUT2D eigenvalue weighted by Gasteiger charge is 2.27. The van der Waals surface area contributed by atoms with Crippen LogP contribution in [0, 0.1) is 18.3 Å². The summed E-state index contributed by atoms with van der Waals surface area (Å²) in [6, 6.07) is 0. The van der Waals surface area contributed by atoms with Gasteiger partial charge in [0.1, 0.15) is 11.6 Å². The number of hydrogen-bond acceptors (Lipinski definition) is 2. The Labute approximate surface area is 91.9 Å². The molecule has 0 saturated heterocycles. The van der Waals surface area contributed by atoms with E-state index < -0.39 is 0 Å². The predicted molar refractivity (Wildman–Crippen MR) is 60.6 cm³/mol. The van der Waals surface area contributed by atoms with Gasteiger partial charge in [0.2, 0.25) is 0 Å². The first-order valence-corrected chi connectivity index (χ1v) is 5.87. The van der Waals surface area contributed by atoms with Gasteiger partial charge in [-0.25, -0.2) is 0 Å². The zero-order valence-electron chi connectivity index (χ0n) is 10.2. The van der Waals surface area contributed by atoms with E-state index in [1.165, 1.54) is 18.7 Å². The van der Waals surface area contributed by atoms with Gasteiger partial charge in [0.25, 0.3) is 0 Å². The maximum absolute atomic E-state index is 4.25. The Morgan fingerprint density at radius 2 is 1.93 bits per heavy atom. The minimum absolute atomic E-state index is 0.422. The van der Waals surface area contributed by atoms with Crippen LogP contribution in [-0.2, 0) is 13.0 Å². The first kappa shape index (κ1) is 10.7. The molecule has 1 unspecified atom stereocenters. The normalized spacial score (nSPS) is 22.3. The second-order valence-electron chi connectivity index (χ2n) is 5.71. The van der Waals surface area contributed by atoms with Gasteiger partial charge in [-0.3, -0.25) is 0 Å². The van der Waals surface area contributed by atoms with Crippen LogP contribution in [0.25, 0.3) is 0 Å². The molecule has 3 heteroatoms. The molecule has 1 aromatic rings. The van der Waals surface area contributed by atoms with Crippen molar-refractivity contribution in [2.75, 3.05) is 0 Å². The van der Waals surface area contributed by atoms with Gasteiger partial charge >= 0.3 is 0 Å². The van der Waals surface area contributed by atoms with E-state index in [1.807, 2.05) is 6.92 Å². The summed E-state index contributed by atoms with van der Waals surface area (Å²) in [7, 11) is 0. The van der Waals surface area contributed by atoms with Gasteiger partial charge < -0.3 is 4.57 Å². The topological polar surface area (TPSA) is 30.7 Å². The van der Waals surface area contributed by atoms with Crippen molar-refractivity contribution in [2.45, 2.75) is 53.5 Å². The third kappa shape index (κ3) is 2.06. The Bertz CT molecular complexity index is 346. The fourth-order valence-electron chi connectivity index (χ4n) is 2.50. The molecule has 1 aliphatic heterocycles. The quantitative estimate of drug-likeness (QED) is 0.654. The molecular formula is C12H21N3. The number of hydrogen-bond donors (Lipinski definition) is 0. The summed E-state index contributed by atoms with van der Waals surface area (Å²) in [5, 5.41) is 8.39. The van der Waals surface area contributed by atoms with Crippen LogP contribution in [0.15, 0.2) is 0 Å². The van der Waals surface area contributed by atoms with Gasteiger partial charge in [0.05, 0.1) is 0 Å². The maximum atomic E-state index is 4.25. The van der Waals surface area contributed by atoms with E-state index in [-0.39, 0.29) is 0 Å². The lowest BCUT2D eigenvalue weighted by Gasteiger charge is -2.29. The van der Waals surface area contributed by atoms with Gasteiger partial charge in [0.15, 0.2) is 0 Å². The monoisotopic (exact) mass is 207 g/mol. The van der Waals surface area contributed by atoms with Crippen LogP contribution in [0.5, 0.6) is 0 Å². The minimum atomic E-state index is 0.422. The molecule has 0 saturated carbocycles. The van der Waals surface area contributed by atoms with Crippen LogP contribution in [0.2, 0.25) is 0 Å². The summed E-state index contributed by atoms with van der Waals surface area (Å²) < 4.78 is 2.28. The highest BCUT2D eigenvalue weighted by atomic mass is 15.3. The van der Waals surface area contributed by atoms with Gasteiger partial charge in [-0.1, -0.05) is 20.8 Å². The predicted octanol–water partition coefficient (Wildman–Crippen LogP) is 2.59. The van der Waals surface area contributed by atoms with Gasteiger partial charge in [-0.05, 0) is 31.1 Å². The lowest BCUT2D eigenvalue weighted by Crippen LogP contribution is -2.21. The fraction of sp³-hybridized carbons (Fsp3) is 0.833.